The molecule has 43 heavy (non-hydrogen) atoms. The summed E-state index contributed by atoms with van der Waals surface area (Å²) in [5.74, 6) is -0.578. The first-order chi connectivity index (χ1) is 20.0. The molecule has 2 unspecified atom stereocenters. The van der Waals surface area contributed by atoms with Gasteiger partial charge in [-0.3, -0.25) is 4.79 Å². The summed E-state index contributed by atoms with van der Waals surface area (Å²) in [7, 11) is -1.57. The zero-order chi connectivity index (χ0) is 32.1. The molecular formula is C35H57NO5Si2. The minimum absolute atomic E-state index is 0.0124. The Labute approximate surface area is 263 Å². The average Bonchev–Trinajstić information content (AvgIpc) is 2.94. The Kier molecular flexibility index (Phi) is 12.0. The SMILES string of the molecule is CC(OC1CCCCO1)[C@@H](O[Si](C)(C)C(C)(C)C)[C@H](CO[Si](c1ccccc1)(c1ccccc1)C(C)(C)C)C(=O)N(C)C. The minimum atomic E-state index is -2.89. The van der Waals surface area contributed by atoms with Gasteiger partial charge in [-0.25, -0.2) is 0 Å². The number of benzene rings is 2. The van der Waals surface area contributed by atoms with E-state index in [4.69, 9.17) is 18.3 Å². The van der Waals surface area contributed by atoms with Crippen LogP contribution in [-0.4, -0.2) is 73.2 Å². The van der Waals surface area contributed by atoms with E-state index in [-0.39, 0.29) is 35.0 Å². The number of nitrogens with zero attached hydrogens (tertiary/aromatic N) is 1. The first-order valence-corrected chi connectivity index (χ1v) is 20.7. The van der Waals surface area contributed by atoms with Gasteiger partial charge in [0.05, 0.1) is 18.1 Å². The van der Waals surface area contributed by atoms with Gasteiger partial charge in [-0.1, -0.05) is 102 Å². The first-order valence-electron chi connectivity index (χ1n) is 15.9. The summed E-state index contributed by atoms with van der Waals surface area (Å²) in [6.45, 7) is 20.9. The van der Waals surface area contributed by atoms with Crippen LogP contribution in [0.25, 0.3) is 0 Å². The quantitative estimate of drug-likeness (QED) is 0.249. The van der Waals surface area contributed by atoms with Gasteiger partial charge in [0.25, 0.3) is 8.32 Å². The molecule has 1 fully saturated rings. The number of carbonyl (C=O) groups excluding carboxylic acids is 1. The van der Waals surface area contributed by atoms with Crippen molar-refractivity contribution in [2.45, 2.75) is 109 Å². The second kappa shape index (κ2) is 14.5. The van der Waals surface area contributed by atoms with Gasteiger partial charge in [0, 0.05) is 27.3 Å². The molecule has 2 aromatic carbocycles. The van der Waals surface area contributed by atoms with Crippen LogP contribution in [0.1, 0.15) is 67.7 Å². The number of hydrogen-bond donors (Lipinski definition) is 0. The van der Waals surface area contributed by atoms with Crippen LogP contribution in [0.4, 0.5) is 0 Å². The Balaban J connectivity index is 2.12. The van der Waals surface area contributed by atoms with Crippen molar-refractivity contribution in [1.82, 2.24) is 4.90 Å². The summed E-state index contributed by atoms with van der Waals surface area (Å²) in [4.78, 5) is 15.8. The van der Waals surface area contributed by atoms with Crippen molar-refractivity contribution in [3.63, 3.8) is 0 Å². The molecule has 240 valence electrons. The van der Waals surface area contributed by atoms with Gasteiger partial charge < -0.3 is 23.2 Å². The summed E-state index contributed by atoms with van der Waals surface area (Å²) < 4.78 is 27.0. The molecule has 6 nitrogen and oxygen atoms in total. The molecule has 1 heterocycles. The molecule has 3 rings (SSSR count). The van der Waals surface area contributed by atoms with Crippen molar-refractivity contribution in [2.24, 2.45) is 5.92 Å². The third-order valence-corrected chi connectivity index (χ3v) is 18.7. The molecule has 0 aliphatic carbocycles. The van der Waals surface area contributed by atoms with Gasteiger partial charge in [0.2, 0.25) is 5.91 Å². The van der Waals surface area contributed by atoms with Crippen LogP contribution < -0.4 is 10.4 Å². The minimum Gasteiger partial charge on any atom is -0.410 e. The summed E-state index contributed by atoms with van der Waals surface area (Å²) in [5, 5.41) is 2.12. The lowest BCUT2D eigenvalue weighted by Crippen LogP contribution is -2.67. The Hall–Kier alpha value is -1.82. The fraction of sp³-hybridized carbons (Fsp3) is 0.629. The van der Waals surface area contributed by atoms with Crippen molar-refractivity contribution in [3.8, 4) is 0 Å². The predicted octanol–water partition coefficient (Wildman–Crippen LogP) is 6.59. The Bertz CT molecular complexity index is 1100. The third-order valence-electron chi connectivity index (χ3n) is 9.25. The van der Waals surface area contributed by atoms with Crippen molar-refractivity contribution < 1.29 is 23.1 Å². The fourth-order valence-corrected chi connectivity index (χ4v) is 11.7. The molecule has 0 spiro atoms. The molecule has 1 saturated heterocycles. The van der Waals surface area contributed by atoms with Gasteiger partial charge >= 0.3 is 0 Å². The molecule has 1 amide bonds. The van der Waals surface area contributed by atoms with E-state index in [1.165, 1.54) is 10.4 Å². The van der Waals surface area contributed by atoms with Gasteiger partial charge in [-0.2, -0.15) is 0 Å². The molecule has 0 saturated carbocycles. The molecule has 1 aliphatic rings. The van der Waals surface area contributed by atoms with Crippen molar-refractivity contribution in [2.75, 3.05) is 27.3 Å². The standard InChI is InChI=1S/C35H57NO5Si2/c1-27(40-31-24-18-19-25-38-31)32(41-42(10,11)34(2,3)4)30(33(37)36(8)9)26-39-43(35(5,6)7,28-20-14-12-15-21-28)29-22-16-13-17-23-29/h12-17,20-23,27,30-32H,18-19,24-26H2,1-11H3/t27?,30-,31?,32+/m0/s1. The Morgan fingerprint density at radius 3 is 1.86 bits per heavy atom. The maximum Gasteiger partial charge on any atom is 0.261 e. The monoisotopic (exact) mass is 627 g/mol. The third kappa shape index (κ3) is 8.47. The van der Waals surface area contributed by atoms with E-state index in [1.54, 1.807) is 4.90 Å². The van der Waals surface area contributed by atoms with Crippen LogP contribution in [0.15, 0.2) is 60.7 Å². The predicted molar refractivity (Wildman–Crippen MR) is 182 cm³/mol. The van der Waals surface area contributed by atoms with E-state index >= 15 is 0 Å². The van der Waals surface area contributed by atoms with Crippen LogP contribution in [0.5, 0.6) is 0 Å². The number of ether oxygens (including phenoxy) is 2. The highest BCUT2D eigenvalue weighted by molar-refractivity contribution is 6.99. The van der Waals surface area contributed by atoms with Gasteiger partial charge in [-0.15, -0.1) is 0 Å². The molecule has 4 atom stereocenters. The lowest BCUT2D eigenvalue weighted by Gasteiger charge is -2.46. The zero-order valence-corrected chi connectivity index (χ0v) is 30.6. The second-order valence-corrected chi connectivity index (χ2v) is 23.9. The summed E-state index contributed by atoms with van der Waals surface area (Å²) >= 11 is 0. The van der Waals surface area contributed by atoms with Crippen molar-refractivity contribution >= 4 is 32.9 Å². The highest BCUT2D eigenvalue weighted by Crippen LogP contribution is 2.41. The van der Waals surface area contributed by atoms with E-state index in [0.29, 0.717) is 6.61 Å². The molecule has 8 heteroatoms. The highest BCUT2D eigenvalue weighted by Gasteiger charge is 2.52. The number of carbonyl (C=O) groups is 1. The van der Waals surface area contributed by atoms with Gasteiger partial charge in [0.15, 0.2) is 14.6 Å². The number of amides is 1. The topological polar surface area (TPSA) is 57.2 Å². The lowest BCUT2D eigenvalue weighted by molar-refractivity contribution is -0.207. The smallest absolute Gasteiger partial charge is 0.261 e. The van der Waals surface area contributed by atoms with E-state index in [2.05, 4.69) is 103 Å². The van der Waals surface area contributed by atoms with E-state index in [1.807, 2.05) is 33.2 Å². The second-order valence-electron chi connectivity index (χ2n) is 14.8. The first kappa shape index (κ1) is 35.7. The maximum atomic E-state index is 14.2. The number of hydrogen-bond acceptors (Lipinski definition) is 5. The summed E-state index contributed by atoms with van der Waals surface area (Å²) in [6.07, 6.45) is 1.81. The van der Waals surface area contributed by atoms with Crippen molar-refractivity contribution in [1.29, 1.82) is 0 Å². The summed E-state index contributed by atoms with van der Waals surface area (Å²) in [6, 6.07) is 21.2. The van der Waals surface area contributed by atoms with Crippen LogP contribution in [0, 0.1) is 5.92 Å². The van der Waals surface area contributed by atoms with E-state index < -0.39 is 28.7 Å². The molecule has 2 aromatic rings. The normalized spacial score (nSPS) is 19.0. The zero-order valence-electron chi connectivity index (χ0n) is 28.6. The van der Waals surface area contributed by atoms with Crippen LogP contribution in [0.3, 0.4) is 0 Å². The van der Waals surface area contributed by atoms with Gasteiger partial charge in [-0.05, 0) is 59.7 Å². The van der Waals surface area contributed by atoms with Crippen LogP contribution in [0.2, 0.25) is 23.2 Å². The van der Waals surface area contributed by atoms with Crippen molar-refractivity contribution in [3.05, 3.63) is 60.7 Å². The van der Waals surface area contributed by atoms with Crippen LogP contribution in [-0.2, 0) is 23.1 Å². The number of rotatable bonds is 12. The molecular weight excluding hydrogens is 571 g/mol. The average molecular weight is 628 g/mol. The molecule has 1 aliphatic heterocycles. The molecule has 0 radical (unpaired) electrons. The Morgan fingerprint density at radius 2 is 1.44 bits per heavy atom. The van der Waals surface area contributed by atoms with E-state index in [0.717, 1.165) is 19.3 Å². The Morgan fingerprint density at radius 1 is 0.907 bits per heavy atom. The molecule has 0 aromatic heterocycles. The largest absolute Gasteiger partial charge is 0.410 e. The van der Waals surface area contributed by atoms with Crippen LogP contribution >= 0.6 is 0 Å². The molecule has 0 N–H and O–H groups in total. The highest BCUT2D eigenvalue weighted by atomic mass is 28.4. The fourth-order valence-electron chi connectivity index (χ4n) is 5.77. The lowest BCUT2D eigenvalue weighted by atomic mass is 9.98. The maximum absolute atomic E-state index is 14.2. The van der Waals surface area contributed by atoms with E-state index in [9.17, 15) is 4.79 Å². The molecule has 0 bridgehead atoms. The summed E-state index contributed by atoms with van der Waals surface area (Å²) in [5.41, 5.74) is 0. The van der Waals surface area contributed by atoms with Gasteiger partial charge in [0.1, 0.15) is 0 Å².